The maximum Gasteiger partial charge on any atom is 0.307 e. The van der Waals surface area contributed by atoms with Crippen LogP contribution in [-0.2, 0) is 16.1 Å². The average molecular weight is 266 g/mol. The monoisotopic (exact) mass is 266 g/mol. The van der Waals surface area contributed by atoms with E-state index in [2.05, 4.69) is 5.32 Å². The molecule has 0 aromatic carbocycles. The molecule has 1 aromatic heterocycles. The van der Waals surface area contributed by atoms with Gasteiger partial charge in [0.1, 0.15) is 5.76 Å². The summed E-state index contributed by atoms with van der Waals surface area (Å²) in [5.74, 6) is -0.537. The van der Waals surface area contributed by atoms with E-state index in [0.717, 1.165) is 13.0 Å². The van der Waals surface area contributed by atoms with Crippen LogP contribution in [0.25, 0.3) is 0 Å². The summed E-state index contributed by atoms with van der Waals surface area (Å²) in [5.41, 5.74) is 0. The number of nitrogens with zero attached hydrogens (tertiary/aromatic N) is 1. The highest BCUT2D eigenvalue weighted by Crippen LogP contribution is 2.16. The second-order valence-corrected chi connectivity index (χ2v) is 4.77. The lowest BCUT2D eigenvalue weighted by atomic mass is 9.98. The maximum absolute atomic E-state index is 11.7. The van der Waals surface area contributed by atoms with Crippen molar-refractivity contribution >= 4 is 11.9 Å². The van der Waals surface area contributed by atoms with Crippen molar-refractivity contribution in [3.05, 3.63) is 24.2 Å². The Morgan fingerprint density at radius 1 is 1.53 bits per heavy atom. The Bertz CT molecular complexity index is 430. The van der Waals surface area contributed by atoms with Gasteiger partial charge in [0.05, 0.1) is 25.3 Å². The van der Waals surface area contributed by atoms with Crippen LogP contribution in [0.5, 0.6) is 0 Å². The highest BCUT2D eigenvalue weighted by atomic mass is 16.4. The number of carboxylic acid groups (broad SMARTS) is 1. The summed E-state index contributed by atoms with van der Waals surface area (Å²) in [6, 6.07) is 3.56. The predicted octanol–water partition coefficient (Wildman–Crippen LogP) is 0.692. The van der Waals surface area contributed by atoms with Crippen molar-refractivity contribution in [2.24, 2.45) is 5.92 Å². The number of carboxylic acids is 1. The number of aliphatic carboxylic acids is 1. The summed E-state index contributed by atoms with van der Waals surface area (Å²) in [6.45, 7) is 1.83. The number of amides is 1. The molecule has 0 bridgehead atoms. The SMILES string of the molecule is O=C(CN1CCCC(C(=O)O)C1)NCc1ccco1. The second kappa shape index (κ2) is 6.38. The van der Waals surface area contributed by atoms with E-state index in [-0.39, 0.29) is 18.4 Å². The molecule has 1 amide bonds. The Balaban J connectivity index is 1.74. The van der Waals surface area contributed by atoms with Gasteiger partial charge in [-0.05, 0) is 31.5 Å². The molecule has 104 valence electrons. The van der Waals surface area contributed by atoms with Crippen LogP contribution in [0.4, 0.5) is 0 Å². The first kappa shape index (κ1) is 13.6. The van der Waals surface area contributed by atoms with Gasteiger partial charge in [0.15, 0.2) is 0 Å². The Hall–Kier alpha value is -1.82. The van der Waals surface area contributed by atoms with E-state index in [1.165, 1.54) is 0 Å². The van der Waals surface area contributed by atoms with Gasteiger partial charge in [0.2, 0.25) is 5.91 Å². The molecule has 1 aromatic rings. The molecule has 6 nitrogen and oxygen atoms in total. The van der Waals surface area contributed by atoms with Crippen molar-refractivity contribution < 1.29 is 19.1 Å². The van der Waals surface area contributed by atoms with Crippen molar-refractivity contribution in [1.29, 1.82) is 0 Å². The number of rotatable bonds is 5. The normalized spacial score (nSPS) is 20.1. The molecule has 2 heterocycles. The van der Waals surface area contributed by atoms with Crippen LogP contribution in [0.1, 0.15) is 18.6 Å². The van der Waals surface area contributed by atoms with Crippen LogP contribution in [0, 0.1) is 5.92 Å². The Labute approximate surface area is 111 Å². The quantitative estimate of drug-likeness (QED) is 0.819. The second-order valence-electron chi connectivity index (χ2n) is 4.77. The van der Waals surface area contributed by atoms with Gasteiger partial charge in [-0.25, -0.2) is 0 Å². The maximum atomic E-state index is 11.7. The van der Waals surface area contributed by atoms with Gasteiger partial charge in [-0.15, -0.1) is 0 Å². The van der Waals surface area contributed by atoms with Gasteiger partial charge >= 0.3 is 5.97 Å². The molecule has 0 saturated carbocycles. The molecule has 2 rings (SSSR count). The molecular weight excluding hydrogens is 248 g/mol. The Morgan fingerprint density at radius 3 is 3.05 bits per heavy atom. The van der Waals surface area contributed by atoms with Crippen LogP contribution in [0.3, 0.4) is 0 Å². The zero-order chi connectivity index (χ0) is 13.7. The molecule has 1 aliphatic heterocycles. The van der Waals surface area contributed by atoms with Crippen LogP contribution >= 0.6 is 0 Å². The fraction of sp³-hybridized carbons (Fsp3) is 0.538. The minimum Gasteiger partial charge on any atom is -0.481 e. The molecule has 19 heavy (non-hydrogen) atoms. The van der Waals surface area contributed by atoms with E-state index in [0.29, 0.717) is 25.3 Å². The van der Waals surface area contributed by atoms with Crippen LogP contribution in [0.15, 0.2) is 22.8 Å². The van der Waals surface area contributed by atoms with Crippen molar-refractivity contribution in [3.63, 3.8) is 0 Å². The van der Waals surface area contributed by atoms with Crippen molar-refractivity contribution in [2.75, 3.05) is 19.6 Å². The number of carbonyl (C=O) groups excluding carboxylic acids is 1. The summed E-state index contributed by atoms with van der Waals surface area (Å²) in [5, 5.41) is 11.7. The van der Waals surface area contributed by atoms with E-state index >= 15 is 0 Å². The average Bonchev–Trinajstić information content (AvgIpc) is 2.90. The third-order valence-corrected chi connectivity index (χ3v) is 3.26. The summed E-state index contributed by atoms with van der Waals surface area (Å²) in [6.07, 6.45) is 3.08. The minimum atomic E-state index is -0.777. The number of carbonyl (C=O) groups is 2. The zero-order valence-electron chi connectivity index (χ0n) is 10.7. The van der Waals surface area contributed by atoms with Gasteiger partial charge in [0, 0.05) is 6.54 Å². The number of piperidine rings is 1. The van der Waals surface area contributed by atoms with E-state index in [4.69, 9.17) is 9.52 Å². The fourth-order valence-electron chi connectivity index (χ4n) is 2.26. The van der Waals surface area contributed by atoms with E-state index < -0.39 is 5.97 Å². The van der Waals surface area contributed by atoms with Gasteiger partial charge in [0.25, 0.3) is 0 Å². The van der Waals surface area contributed by atoms with Crippen molar-refractivity contribution in [1.82, 2.24) is 10.2 Å². The van der Waals surface area contributed by atoms with Crippen LogP contribution in [0.2, 0.25) is 0 Å². The molecule has 0 radical (unpaired) electrons. The summed E-state index contributed by atoms with van der Waals surface area (Å²) in [4.78, 5) is 24.6. The number of hydrogen-bond donors (Lipinski definition) is 2. The molecule has 1 fully saturated rings. The zero-order valence-corrected chi connectivity index (χ0v) is 10.7. The van der Waals surface area contributed by atoms with Crippen molar-refractivity contribution in [2.45, 2.75) is 19.4 Å². The van der Waals surface area contributed by atoms with E-state index in [9.17, 15) is 9.59 Å². The number of likely N-dealkylation sites (tertiary alicyclic amines) is 1. The van der Waals surface area contributed by atoms with Crippen LogP contribution < -0.4 is 5.32 Å². The molecule has 1 atom stereocenters. The largest absolute Gasteiger partial charge is 0.481 e. The van der Waals surface area contributed by atoms with E-state index in [1.54, 1.807) is 18.4 Å². The highest BCUT2D eigenvalue weighted by Gasteiger charge is 2.26. The van der Waals surface area contributed by atoms with Gasteiger partial charge in [-0.2, -0.15) is 0 Å². The van der Waals surface area contributed by atoms with Crippen molar-refractivity contribution in [3.8, 4) is 0 Å². The summed E-state index contributed by atoms with van der Waals surface area (Å²) >= 11 is 0. The topological polar surface area (TPSA) is 82.8 Å². The highest BCUT2D eigenvalue weighted by molar-refractivity contribution is 5.78. The number of hydrogen-bond acceptors (Lipinski definition) is 4. The lowest BCUT2D eigenvalue weighted by molar-refractivity contribution is -0.144. The number of furan rings is 1. The minimum absolute atomic E-state index is 0.109. The molecular formula is C13H18N2O4. The summed E-state index contributed by atoms with van der Waals surface area (Å²) < 4.78 is 5.12. The lowest BCUT2D eigenvalue weighted by Crippen LogP contribution is -2.44. The molecule has 2 N–H and O–H groups in total. The Kier molecular flexibility index (Phi) is 4.57. The van der Waals surface area contributed by atoms with Gasteiger partial charge < -0.3 is 14.8 Å². The fourth-order valence-corrected chi connectivity index (χ4v) is 2.26. The predicted molar refractivity (Wildman–Crippen MR) is 67.4 cm³/mol. The first-order valence-corrected chi connectivity index (χ1v) is 6.39. The van der Waals surface area contributed by atoms with E-state index in [1.807, 2.05) is 4.90 Å². The lowest BCUT2D eigenvalue weighted by Gasteiger charge is -2.29. The molecule has 1 unspecified atom stereocenters. The van der Waals surface area contributed by atoms with Gasteiger partial charge in [-0.1, -0.05) is 0 Å². The summed E-state index contributed by atoms with van der Waals surface area (Å²) in [7, 11) is 0. The third-order valence-electron chi connectivity index (χ3n) is 3.26. The molecule has 0 aliphatic carbocycles. The Morgan fingerprint density at radius 2 is 2.37 bits per heavy atom. The first-order chi connectivity index (χ1) is 9.15. The smallest absolute Gasteiger partial charge is 0.307 e. The van der Waals surface area contributed by atoms with Crippen LogP contribution in [-0.4, -0.2) is 41.5 Å². The standard InChI is InChI=1S/C13H18N2O4/c16-12(14-7-11-4-2-6-19-11)9-15-5-1-3-10(8-15)13(17)18/h2,4,6,10H,1,3,5,7-9H2,(H,14,16)(H,17,18). The first-order valence-electron chi connectivity index (χ1n) is 6.39. The molecule has 1 aliphatic rings. The molecule has 0 spiro atoms. The number of nitrogens with one attached hydrogen (secondary N) is 1. The third kappa shape index (κ3) is 4.10. The molecule has 6 heteroatoms. The van der Waals surface area contributed by atoms with Gasteiger partial charge in [-0.3, -0.25) is 14.5 Å². The molecule has 1 saturated heterocycles.